The molecule has 0 aromatic rings. The summed E-state index contributed by atoms with van der Waals surface area (Å²) in [6.07, 6.45) is 2.99. The van der Waals surface area contributed by atoms with Gasteiger partial charge in [0.1, 0.15) is 4.75 Å². The minimum atomic E-state index is -0.658. The van der Waals surface area contributed by atoms with Crippen LogP contribution in [0, 0.1) is 11.3 Å². The second-order valence-electron chi connectivity index (χ2n) is 3.95. The SMILES string of the molecule is CSC1(C#N)CCN(CC(O)CO)CC1. The number of hydrogen-bond donors (Lipinski definition) is 2. The molecule has 0 spiro atoms. The Kier molecular flexibility index (Phi) is 4.87. The van der Waals surface area contributed by atoms with Crippen LogP contribution < -0.4 is 0 Å². The minimum absolute atomic E-state index is 0.192. The van der Waals surface area contributed by atoms with Gasteiger partial charge >= 0.3 is 0 Å². The number of likely N-dealkylation sites (tertiary alicyclic amines) is 1. The molecular weight excluding hydrogens is 212 g/mol. The van der Waals surface area contributed by atoms with Gasteiger partial charge in [-0.1, -0.05) is 0 Å². The van der Waals surface area contributed by atoms with Gasteiger partial charge in [-0.15, -0.1) is 11.8 Å². The average Bonchev–Trinajstić information content (AvgIpc) is 2.30. The molecule has 1 unspecified atom stereocenters. The number of nitrogens with zero attached hydrogens (tertiary/aromatic N) is 2. The predicted molar refractivity (Wildman–Crippen MR) is 60.6 cm³/mol. The van der Waals surface area contributed by atoms with Gasteiger partial charge in [-0.2, -0.15) is 5.26 Å². The van der Waals surface area contributed by atoms with E-state index in [0.29, 0.717) is 6.54 Å². The summed E-state index contributed by atoms with van der Waals surface area (Å²) in [6.45, 7) is 1.96. The van der Waals surface area contributed by atoms with Crippen molar-refractivity contribution in [3.63, 3.8) is 0 Å². The quantitative estimate of drug-likeness (QED) is 0.715. The van der Waals surface area contributed by atoms with Crippen molar-refractivity contribution in [2.24, 2.45) is 0 Å². The zero-order chi connectivity index (χ0) is 11.3. The highest BCUT2D eigenvalue weighted by molar-refractivity contribution is 8.00. The number of hydrogen-bond acceptors (Lipinski definition) is 5. The highest BCUT2D eigenvalue weighted by atomic mass is 32.2. The molecule has 86 valence electrons. The largest absolute Gasteiger partial charge is 0.394 e. The van der Waals surface area contributed by atoms with Crippen molar-refractivity contribution < 1.29 is 10.2 Å². The molecule has 0 saturated carbocycles. The van der Waals surface area contributed by atoms with Crippen molar-refractivity contribution in [2.75, 3.05) is 32.5 Å². The fourth-order valence-corrected chi connectivity index (χ4v) is 2.50. The topological polar surface area (TPSA) is 67.5 Å². The molecule has 0 aromatic carbocycles. The summed E-state index contributed by atoms with van der Waals surface area (Å²) in [4.78, 5) is 2.10. The van der Waals surface area contributed by atoms with Gasteiger partial charge in [-0.05, 0) is 19.1 Å². The lowest BCUT2D eigenvalue weighted by Gasteiger charge is -2.36. The van der Waals surface area contributed by atoms with Gasteiger partial charge in [0, 0.05) is 19.6 Å². The smallest absolute Gasteiger partial charge is 0.104 e. The van der Waals surface area contributed by atoms with Gasteiger partial charge < -0.3 is 15.1 Å². The number of aliphatic hydroxyl groups is 2. The monoisotopic (exact) mass is 230 g/mol. The molecule has 4 nitrogen and oxygen atoms in total. The average molecular weight is 230 g/mol. The summed E-state index contributed by atoms with van der Waals surface area (Å²) in [7, 11) is 0. The first-order chi connectivity index (χ1) is 7.15. The fraction of sp³-hybridized carbons (Fsp3) is 0.900. The van der Waals surface area contributed by atoms with Crippen LogP contribution in [0.3, 0.4) is 0 Å². The van der Waals surface area contributed by atoms with Gasteiger partial charge in [0.2, 0.25) is 0 Å². The molecule has 1 fully saturated rings. The Hall–Kier alpha value is -0.280. The summed E-state index contributed by atoms with van der Waals surface area (Å²) in [6, 6.07) is 2.38. The third-order valence-electron chi connectivity index (χ3n) is 2.94. The van der Waals surface area contributed by atoms with E-state index in [9.17, 15) is 5.11 Å². The van der Waals surface area contributed by atoms with Crippen molar-refractivity contribution in [3.8, 4) is 6.07 Å². The third-order valence-corrected chi connectivity index (χ3v) is 4.22. The Labute approximate surface area is 94.9 Å². The molecule has 5 heteroatoms. The standard InChI is InChI=1S/C10H18N2O2S/c1-15-10(8-11)2-4-12(5-3-10)6-9(14)7-13/h9,13-14H,2-7H2,1H3. The summed E-state index contributed by atoms with van der Waals surface area (Å²) in [5.74, 6) is 0. The van der Waals surface area contributed by atoms with Crippen LogP contribution in [0.1, 0.15) is 12.8 Å². The summed E-state index contributed by atoms with van der Waals surface area (Å²) < 4.78 is -0.235. The van der Waals surface area contributed by atoms with Crippen LogP contribution in [-0.4, -0.2) is 58.5 Å². The molecule has 0 aromatic heterocycles. The number of β-amino-alcohol motifs (C(OH)–C–C–N with tert-alkyl or cyclic N) is 1. The Morgan fingerprint density at radius 3 is 2.53 bits per heavy atom. The molecule has 15 heavy (non-hydrogen) atoms. The van der Waals surface area contributed by atoms with Gasteiger partial charge in [0.15, 0.2) is 0 Å². The molecule has 1 rings (SSSR count). The third kappa shape index (κ3) is 3.35. The summed E-state index contributed by atoms with van der Waals surface area (Å²) >= 11 is 1.62. The molecule has 1 aliphatic rings. The number of rotatable bonds is 4. The van der Waals surface area contributed by atoms with Gasteiger partial charge in [0.05, 0.1) is 18.8 Å². The lowest BCUT2D eigenvalue weighted by molar-refractivity contribution is 0.0519. The molecule has 0 amide bonds. The van der Waals surface area contributed by atoms with Gasteiger partial charge in [-0.25, -0.2) is 0 Å². The molecule has 1 heterocycles. The molecule has 0 radical (unpaired) electrons. The Morgan fingerprint density at radius 2 is 2.13 bits per heavy atom. The Bertz CT molecular complexity index is 234. The van der Waals surface area contributed by atoms with Crippen LogP contribution in [0.4, 0.5) is 0 Å². The van der Waals surface area contributed by atoms with E-state index in [1.165, 1.54) is 0 Å². The van der Waals surface area contributed by atoms with Crippen molar-refractivity contribution >= 4 is 11.8 Å². The minimum Gasteiger partial charge on any atom is -0.394 e. The van der Waals surface area contributed by atoms with Gasteiger partial charge in [-0.3, -0.25) is 0 Å². The highest BCUT2D eigenvalue weighted by Gasteiger charge is 2.34. The van der Waals surface area contributed by atoms with Crippen LogP contribution in [0.5, 0.6) is 0 Å². The first-order valence-electron chi connectivity index (χ1n) is 5.13. The maximum atomic E-state index is 9.29. The molecular formula is C10H18N2O2S. The van der Waals surface area contributed by atoms with E-state index in [0.717, 1.165) is 25.9 Å². The molecule has 1 saturated heterocycles. The van der Waals surface area contributed by atoms with Crippen molar-refractivity contribution in [1.29, 1.82) is 5.26 Å². The van der Waals surface area contributed by atoms with E-state index in [2.05, 4.69) is 11.0 Å². The number of thioether (sulfide) groups is 1. The van der Waals surface area contributed by atoms with Gasteiger partial charge in [0.25, 0.3) is 0 Å². The van der Waals surface area contributed by atoms with E-state index in [4.69, 9.17) is 10.4 Å². The number of nitriles is 1. The normalized spacial score (nSPS) is 23.3. The van der Waals surface area contributed by atoms with Crippen molar-refractivity contribution in [1.82, 2.24) is 4.90 Å². The first-order valence-corrected chi connectivity index (χ1v) is 6.36. The molecule has 2 N–H and O–H groups in total. The van der Waals surface area contributed by atoms with Crippen LogP contribution >= 0.6 is 11.8 Å². The number of piperidine rings is 1. The lowest BCUT2D eigenvalue weighted by Crippen LogP contribution is -2.45. The van der Waals surface area contributed by atoms with Crippen LogP contribution in [0.25, 0.3) is 0 Å². The van der Waals surface area contributed by atoms with E-state index in [-0.39, 0.29) is 11.4 Å². The second kappa shape index (κ2) is 5.71. The second-order valence-corrected chi connectivity index (χ2v) is 5.14. The van der Waals surface area contributed by atoms with Crippen LogP contribution in [0.15, 0.2) is 0 Å². The summed E-state index contributed by atoms with van der Waals surface area (Å²) in [5, 5.41) is 27.1. The molecule has 0 aliphatic carbocycles. The van der Waals surface area contributed by atoms with Crippen LogP contribution in [0.2, 0.25) is 0 Å². The fourth-order valence-electron chi connectivity index (χ4n) is 1.81. The van der Waals surface area contributed by atoms with Crippen molar-refractivity contribution in [3.05, 3.63) is 0 Å². The first kappa shape index (κ1) is 12.8. The van der Waals surface area contributed by atoms with Crippen molar-refractivity contribution in [2.45, 2.75) is 23.7 Å². The number of aliphatic hydroxyl groups excluding tert-OH is 2. The Balaban J connectivity index is 2.39. The maximum absolute atomic E-state index is 9.29. The van der Waals surface area contributed by atoms with Crippen LogP contribution in [-0.2, 0) is 0 Å². The van der Waals surface area contributed by atoms with E-state index in [1.807, 2.05) is 6.26 Å². The zero-order valence-corrected chi connectivity index (χ0v) is 9.83. The molecule has 1 aliphatic heterocycles. The maximum Gasteiger partial charge on any atom is 0.104 e. The molecule has 1 atom stereocenters. The lowest BCUT2D eigenvalue weighted by atomic mass is 9.97. The molecule has 0 bridgehead atoms. The predicted octanol–water partition coefficient (Wildman–Crippen LogP) is 0.0608. The van der Waals surface area contributed by atoms with E-state index < -0.39 is 6.10 Å². The summed E-state index contributed by atoms with van der Waals surface area (Å²) in [5.41, 5.74) is 0. The van der Waals surface area contributed by atoms with E-state index in [1.54, 1.807) is 11.8 Å². The zero-order valence-electron chi connectivity index (χ0n) is 9.02. The van der Waals surface area contributed by atoms with E-state index >= 15 is 0 Å². The highest BCUT2D eigenvalue weighted by Crippen LogP contribution is 2.33. The Morgan fingerprint density at radius 1 is 1.53 bits per heavy atom.